The van der Waals surface area contributed by atoms with Crippen LogP contribution in [0, 0.1) is 5.92 Å². The van der Waals surface area contributed by atoms with Gasteiger partial charge in [0.2, 0.25) is 5.91 Å². The average Bonchev–Trinajstić information content (AvgIpc) is 2.18. The molecule has 3 atom stereocenters. The van der Waals surface area contributed by atoms with Crippen molar-refractivity contribution < 1.29 is 9.53 Å². The Morgan fingerprint density at radius 2 is 1.76 bits per heavy atom. The molecule has 0 fully saturated rings. The lowest BCUT2D eigenvalue weighted by Crippen LogP contribution is -2.17. The van der Waals surface area contributed by atoms with Crippen LogP contribution in [-0.4, -0.2) is 10.7 Å². The zero-order chi connectivity index (χ0) is 13.1. The van der Waals surface area contributed by atoms with E-state index in [1.807, 2.05) is 38.1 Å². The lowest BCUT2D eigenvalue weighted by atomic mass is 10.2. The summed E-state index contributed by atoms with van der Waals surface area (Å²) in [7, 11) is 7.65. The van der Waals surface area contributed by atoms with Crippen molar-refractivity contribution in [2.75, 3.05) is 5.32 Å². The molecule has 94 valence electrons. The van der Waals surface area contributed by atoms with Gasteiger partial charge in [-0.05, 0) is 24.3 Å². The number of hydrogen-bond donors (Lipinski definition) is 1. The number of hydrogen-bond acceptors (Lipinski definition) is 2. The van der Waals surface area contributed by atoms with Crippen LogP contribution in [0.4, 0.5) is 5.69 Å². The molecule has 0 radical (unpaired) electrons. The topological polar surface area (TPSA) is 38.3 Å². The van der Waals surface area contributed by atoms with E-state index in [2.05, 4.69) is 33.0 Å². The molecule has 17 heavy (non-hydrogen) atoms. The predicted molar refractivity (Wildman–Crippen MR) is 82.4 cm³/mol. The smallest absolute Gasteiger partial charge is 0.226 e. The van der Waals surface area contributed by atoms with Crippen molar-refractivity contribution in [3.8, 4) is 5.75 Å². The quantitative estimate of drug-likeness (QED) is 0.866. The number of carbonyl (C=O) groups is 1. The zero-order valence-corrected chi connectivity index (χ0v) is 13.4. The molecule has 1 rings (SSSR count). The van der Waals surface area contributed by atoms with E-state index < -0.39 is 4.82 Å². The second-order valence-corrected chi connectivity index (χ2v) is 8.83. The molecule has 0 aromatic heterocycles. The Bertz CT molecular complexity index is 385. The van der Waals surface area contributed by atoms with Crippen LogP contribution in [0.5, 0.6) is 5.75 Å². The molecule has 0 bridgehead atoms. The minimum absolute atomic E-state index is 0.0103. The van der Waals surface area contributed by atoms with E-state index in [0.29, 0.717) is 0 Å². The fourth-order valence-electron chi connectivity index (χ4n) is 1.10. The number of nitrogens with one attached hydrogen (secondary N) is 1. The standard InChI is InChI=1S/C11H18NO2P3/c1-7(2)10(13)12-8-3-5-9(6-4-8)14-11(15,16)17/h3-7H,15-17H2,1-2H3,(H,12,13). The van der Waals surface area contributed by atoms with Crippen LogP contribution in [0.1, 0.15) is 13.8 Å². The summed E-state index contributed by atoms with van der Waals surface area (Å²) in [5.41, 5.74) is 0.776. The molecule has 0 aliphatic heterocycles. The summed E-state index contributed by atoms with van der Waals surface area (Å²) in [6, 6.07) is 7.29. The molecule has 1 amide bonds. The fraction of sp³-hybridized carbons (Fsp3) is 0.364. The maximum atomic E-state index is 11.5. The van der Waals surface area contributed by atoms with E-state index in [1.165, 1.54) is 0 Å². The first kappa shape index (κ1) is 14.8. The Kier molecular flexibility index (Phi) is 5.32. The van der Waals surface area contributed by atoms with Gasteiger partial charge in [0, 0.05) is 11.6 Å². The van der Waals surface area contributed by atoms with Crippen LogP contribution in [0.2, 0.25) is 0 Å². The fourth-order valence-corrected chi connectivity index (χ4v) is 1.51. The predicted octanol–water partition coefficient (Wildman–Crippen LogP) is 2.90. The highest BCUT2D eigenvalue weighted by atomic mass is 31.1. The Balaban J connectivity index is 2.65. The summed E-state index contributed by atoms with van der Waals surface area (Å²) < 4.78 is 5.59. The van der Waals surface area contributed by atoms with Gasteiger partial charge in [0.15, 0.2) is 0 Å². The van der Waals surface area contributed by atoms with Crippen molar-refractivity contribution in [1.82, 2.24) is 0 Å². The van der Waals surface area contributed by atoms with E-state index in [1.54, 1.807) is 0 Å². The number of anilines is 1. The van der Waals surface area contributed by atoms with Gasteiger partial charge in [-0.2, -0.15) is 0 Å². The third kappa shape index (κ3) is 5.77. The van der Waals surface area contributed by atoms with Crippen LogP contribution in [0.15, 0.2) is 24.3 Å². The molecule has 0 heterocycles. The summed E-state index contributed by atoms with van der Waals surface area (Å²) in [6.07, 6.45) is 0. The van der Waals surface area contributed by atoms with Crippen LogP contribution < -0.4 is 10.1 Å². The highest BCUT2D eigenvalue weighted by Crippen LogP contribution is 2.36. The largest absolute Gasteiger partial charge is 0.476 e. The molecule has 0 saturated carbocycles. The molecule has 0 spiro atoms. The summed E-state index contributed by atoms with van der Waals surface area (Å²) in [5.74, 6) is 0.730. The molecule has 1 N–H and O–H groups in total. The molecule has 1 aromatic rings. The number of rotatable bonds is 4. The number of carbonyl (C=O) groups excluding carboxylic acids is 1. The molecule has 6 heteroatoms. The van der Waals surface area contributed by atoms with Gasteiger partial charge in [-0.1, -0.05) is 41.6 Å². The van der Waals surface area contributed by atoms with Crippen LogP contribution in [0.3, 0.4) is 0 Å². The maximum Gasteiger partial charge on any atom is 0.226 e. The lowest BCUT2D eigenvalue weighted by molar-refractivity contribution is -0.118. The van der Waals surface area contributed by atoms with E-state index in [-0.39, 0.29) is 11.8 Å². The minimum Gasteiger partial charge on any atom is -0.476 e. The summed E-state index contributed by atoms with van der Waals surface area (Å²) >= 11 is 0. The Labute approximate surface area is 109 Å². The second kappa shape index (κ2) is 6.10. The molecule has 3 nitrogen and oxygen atoms in total. The number of ether oxygens (including phenoxy) is 1. The molecular formula is C11H18NO2P3. The zero-order valence-electron chi connectivity index (χ0n) is 9.94. The first-order valence-corrected chi connectivity index (χ1v) is 6.98. The van der Waals surface area contributed by atoms with Crippen molar-refractivity contribution in [3.05, 3.63) is 24.3 Å². The van der Waals surface area contributed by atoms with Crippen molar-refractivity contribution >= 4 is 39.3 Å². The van der Waals surface area contributed by atoms with E-state index in [0.717, 1.165) is 11.4 Å². The van der Waals surface area contributed by atoms with Gasteiger partial charge in [-0.3, -0.25) is 4.79 Å². The van der Waals surface area contributed by atoms with Gasteiger partial charge in [0.25, 0.3) is 0 Å². The average molecular weight is 289 g/mol. The van der Waals surface area contributed by atoms with Gasteiger partial charge in [0.1, 0.15) is 10.6 Å². The van der Waals surface area contributed by atoms with Crippen molar-refractivity contribution in [2.24, 2.45) is 5.92 Å². The summed E-state index contributed by atoms with van der Waals surface area (Å²) in [6.45, 7) is 3.72. The number of amides is 1. The van der Waals surface area contributed by atoms with E-state index >= 15 is 0 Å². The van der Waals surface area contributed by atoms with Crippen molar-refractivity contribution in [1.29, 1.82) is 0 Å². The Morgan fingerprint density at radius 1 is 1.24 bits per heavy atom. The summed E-state index contributed by atoms with van der Waals surface area (Å²) in [5, 5.41) is 2.82. The molecule has 0 saturated heterocycles. The van der Waals surface area contributed by atoms with Gasteiger partial charge < -0.3 is 10.1 Å². The third-order valence-electron chi connectivity index (χ3n) is 1.94. The normalized spacial score (nSPS) is 11.4. The van der Waals surface area contributed by atoms with Crippen LogP contribution >= 0.6 is 27.7 Å². The molecular weight excluding hydrogens is 271 g/mol. The summed E-state index contributed by atoms with van der Waals surface area (Å²) in [4.78, 5) is 11.0. The van der Waals surface area contributed by atoms with Crippen molar-refractivity contribution in [2.45, 2.75) is 18.7 Å². The first-order valence-electron chi connectivity index (χ1n) is 5.24. The maximum absolute atomic E-state index is 11.5. The lowest BCUT2D eigenvalue weighted by Gasteiger charge is -2.20. The third-order valence-corrected chi connectivity index (χ3v) is 2.29. The highest BCUT2D eigenvalue weighted by molar-refractivity contribution is 7.56. The van der Waals surface area contributed by atoms with Gasteiger partial charge in [-0.25, -0.2) is 0 Å². The highest BCUT2D eigenvalue weighted by Gasteiger charge is 2.12. The molecule has 3 unspecified atom stereocenters. The van der Waals surface area contributed by atoms with Gasteiger partial charge >= 0.3 is 0 Å². The second-order valence-electron chi connectivity index (χ2n) is 4.12. The van der Waals surface area contributed by atoms with E-state index in [4.69, 9.17) is 4.74 Å². The minimum atomic E-state index is -0.456. The SMILES string of the molecule is CC(C)C(=O)Nc1ccc(OC(P)(P)P)cc1. The Hall–Kier alpha value is -0.220. The molecule has 0 aliphatic carbocycles. The van der Waals surface area contributed by atoms with Crippen LogP contribution in [-0.2, 0) is 4.79 Å². The first-order chi connectivity index (χ1) is 7.78. The Morgan fingerprint density at radius 3 is 2.18 bits per heavy atom. The monoisotopic (exact) mass is 289 g/mol. The van der Waals surface area contributed by atoms with Crippen LogP contribution in [0.25, 0.3) is 0 Å². The van der Waals surface area contributed by atoms with E-state index in [9.17, 15) is 4.79 Å². The van der Waals surface area contributed by atoms with Gasteiger partial charge in [0.05, 0.1) is 0 Å². The van der Waals surface area contributed by atoms with Gasteiger partial charge in [-0.15, -0.1) is 0 Å². The number of benzene rings is 1. The van der Waals surface area contributed by atoms with Crippen molar-refractivity contribution in [3.63, 3.8) is 0 Å². The molecule has 1 aromatic carbocycles. The molecule has 0 aliphatic rings.